The Bertz CT molecular complexity index is 582. The zero-order chi connectivity index (χ0) is 14.7. The van der Waals surface area contributed by atoms with Gasteiger partial charge >= 0.3 is 0 Å². The number of benzene rings is 1. The Kier molecular flexibility index (Phi) is 5.24. The van der Waals surface area contributed by atoms with E-state index in [9.17, 15) is 0 Å². The summed E-state index contributed by atoms with van der Waals surface area (Å²) >= 11 is 5.19. The van der Waals surface area contributed by atoms with E-state index in [4.69, 9.17) is 10.5 Å². The molecule has 0 fully saturated rings. The summed E-state index contributed by atoms with van der Waals surface area (Å²) in [5.41, 5.74) is 8.64. The van der Waals surface area contributed by atoms with Crippen molar-refractivity contribution in [1.29, 1.82) is 0 Å². The Morgan fingerprint density at radius 2 is 2.00 bits per heavy atom. The lowest BCUT2D eigenvalue weighted by atomic mass is 10.1. The predicted molar refractivity (Wildman–Crippen MR) is 89.6 cm³/mol. The summed E-state index contributed by atoms with van der Waals surface area (Å²) in [6.07, 6.45) is 0.803. The van der Waals surface area contributed by atoms with Crippen LogP contribution in [-0.2, 0) is 0 Å². The Balaban J connectivity index is 2.31. The lowest BCUT2D eigenvalue weighted by Gasteiger charge is -2.25. The van der Waals surface area contributed by atoms with Gasteiger partial charge in [0.05, 0.1) is 0 Å². The fourth-order valence-corrected chi connectivity index (χ4v) is 3.61. The lowest BCUT2D eigenvalue weighted by Crippen LogP contribution is -2.31. The van der Waals surface area contributed by atoms with Crippen molar-refractivity contribution in [1.82, 2.24) is 0 Å². The topological polar surface area (TPSA) is 35.2 Å². The molecule has 4 heteroatoms. The van der Waals surface area contributed by atoms with Crippen molar-refractivity contribution in [2.45, 2.75) is 39.3 Å². The smallest absolute Gasteiger partial charge is 0.148 e. The molecule has 2 aromatic rings. The van der Waals surface area contributed by atoms with Crippen molar-refractivity contribution in [3.05, 3.63) is 50.1 Å². The summed E-state index contributed by atoms with van der Waals surface area (Å²) < 4.78 is 7.30. The fourth-order valence-electron chi connectivity index (χ4n) is 2.11. The molecule has 0 amide bonds. The molecular weight excluding hydrogens is 334 g/mol. The molecule has 0 radical (unpaired) electrons. The Labute approximate surface area is 133 Å². The van der Waals surface area contributed by atoms with Crippen molar-refractivity contribution in [2.75, 3.05) is 0 Å². The molecule has 0 aliphatic heterocycles. The van der Waals surface area contributed by atoms with Crippen LogP contribution in [0.15, 0.2) is 34.1 Å². The first-order valence-electron chi connectivity index (χ1n) is 6.75. The number of thiophene rings is 1. The number of hydrogen-bond donors (Lipinski definition) is 1. The minimum atomic E-state index is -0.0834. The first kappa shape index (κ1) is 15.5. The minimum absolute atomic E-state index is 0.00426. The molecule has 2 atom stereocenters. The maximum atomic E-state index is 6.28. The number of nitrogens with two attached hydrogens (primary N) is 1. The molecule has 2 N–H and O–H groups in total. The molecule has 1 aromatic heterocycles. The fraction of sp³-hybridized carbons (Fsp3) is 0.375. The molecular formula is C16H20BrNOS. The van der Waals surface area contributed by atoms with Crippen LogP contribution in [-0.4, -0.2) is 6.04 Å². The van der Waals surface area contributed by atoms with Gasteiger partial charge in [0.25, 0.3) is 0 Å². The van der Waals surface area contributed by atoms with Gasteiger partial charge in [-0.15, -0.1) is 11.3 Å². The van der Waals surface area contributed by atoms with E-state index >= 15 is 0 Å². The summed E-state index contributed by atoms with van der Waals surface area (Å²) in [5, 5.41) is 2.10. The normalized spacial score (nSPS) is 14.1. The highest BCUT2D eigenvalue weighted by molar-refractivity contribution is 9.10. The number of aryl methyl sites for hydroxylation is 2. The average molecular weight is 354 g/mol. The van der Waals surface area contributed by atoms with E-state index in [0.717, 1.165) is 22.2 Å². The molecule has 0 aliphatic rings. The van der Waals surface area contributed by atoms with E-state index < -0.39 is 0 Å². The molecule has 2 unspecified atom stereocenters. The van der Waals surface area contributed by atoms with Gasteiger partial charge in [0.15, 0.2) is 0 Å². The maximum Gasteiger partial charge on any atom is 0.148 e. The first-order chi connectivity index (χ1) is 9.52. The summed E-state index contributed by atoms with van der Waals surface area (Å²) in [4.78, 5) is 1.22. The van der Waals surface area contributed by atoms with Crippen LogP contribution in [0.2, 0.25) is 0 Å². The largest absolute Gasteiger partial charge is 0.483 e. The monoisotopic (exact) mass is 353 g/mol. The highest BCUT2D eigenvalue weighted by Gasteiger charge is 2.24. The Morgan fingerprint density at radius 1 is 1.25 bits per heavy atom. The van der Waals surface area contributed by atoms with Gasteiger partial charge in [-0.3, -0.25) is 0 Å². The second kappa shape index (κ2) is 6.74. The number of hydrogen-bond acceptors (Lipinski definition) is 3. The van der Waals surface area contributed by atoms with Crippen LogP contribution in [0.4, 0.5) is 0 Å². The van der Waals surface area contributed by atoms with Crippen molar-refractivity contribution in [3.8, 4) is 5.75 Å². The molecule has 2 nitrogen and oxygen atoms in total. The minimum Gasteiger partial charge on any atom is -0.483 e. The second-order valence-electron chi connectivity index (χ2n) is 4.99. The van der Waals surface area contributed by atoms with Crippen LogP contribution in [0.25, 0.3) is 0 Å². The van der Waals surface area contributed by atoms with E-state index in [1.54, 1.807) is 11.3 Å². The summed E-state index contributed by atoms with van der Waals surface area (Å²) in [6.45, 7) is 6.26. The molecule has 0 bridgehead atoms. The molecule has 108 valence electrons. The Morgan fingerprint density at radius 3 is 2.55 bits per heavy atom. The molecule has 0 aliphatic carbocycles. The van der Waals surface area contributed by atoms with Gasteiger partial charge in [0.1, 0.15) is 11.9 Å². The Hall–Kier alpha value is -0.840. The van der Waals surface area contributed by atoms with Gasteiger partial charge in [-0.25, -0.2) is 0 Å². The van der Waals surface area contributed by atoms with Gasteiger partial charge in [0, 0.05) is 15.4 Å². The SMILES string of the molecule is CCC(N)C(Oc1ccc(Br)cc1C)c1sccc1C. The third-order valence-electron chi connectivity index (χ3n) is 3.41. The molecule has 1 heterocycles. The van der Waals surface area contributed by atoms with Crippen molar-refractivity contribution < 1.29 is 4.74 Å². The van der Waals surface area contributed by atoms with Crippen molar-refractivity contribution in [3.63, 3.8) is 0 Å². The molecule has 1 aromatic carbocycles. The van der Waals surface area contributed by atoms with Gasteiger partial charge in [-0.2, -0.15) is 0 Å². The second-order valence-corrected chi connectivity index (χ2v) is 6.85. The van der Waals surface area contributed by atoms with E-state index in [1.165, 1.54) is 10.4 Å². The van der Waals surface area contributed by atoms with Crippen LogP contribution >= 0.6 is 27.3 Å². The predicted octanol–water partition coefficient (Wildman–Crippen LogP) is 4.98. The summed E-state index contributed by atoms with van der Waals surface area (Å²) in [5.74, 6) is 0.898. The third-order valence-corrected chi connectivity index (χ3v) is 4.98. The van der Waals surface area contributed by atoms with E-state index in [0.29, 0.717) is 0 Å². The van der Waals surface area contributed by atoms with Gasteiger partial charge in [-0.1, -0.05) is 22.9 Å². The quantitative estimate of drug-likeness (QED) is 0.821. The van der Waals surface area contributed by atoms with Crippen LogP contribution < -0.4 is 10.5 Å². The van der Waals surface area contributed by atoms with Crippen molar-refractivity contribution >= 4 is 27.3 Å². The van der Waals surface area contributed by atoms with Crippen LogP contribution in [0.3, 0.4) is 0 Å². The number of halogens is 1. The zero-order valence-electron chi connectivity index (χ0n) is 12.0. The molecule has 0 spiro atoms. The van der Waals surface area contributed by atoms with E-state index in [-0.39, 0.29) is 12.1 Å². The summed E-state index contributed by atoms with van der Waals surface area (Å²) in [6, 6.07) is 8.17. The van der Waals surface area contributed by atoms with Crippen LogP contribution in [0, 0.1) is 13.8 Å². The number of ether oxygens (including phenoxy) is 1. The van der Waals surface area contributed by atoms with Gasteiger partial charge in [-0.05, 0) is 61.0 Å². The third kappa shape index (κ3) is 3.43. The van der Waals surface area contributed by atoms with Gasteiger partial charge < -0.3 is 10.5 Å². The highest BCUT2D eigenvalue weighted by atomic mass is 79.9. The zero-order valence-corrected chi connectivity index (χ0v) is 14.4. The van der Waals surface area contributed by atoms with Crippen LogP contribution in [0.1, 0.15) is 35.5 Å². The molecule has 20 heavy (non-hydrogen) atoms. The maximum absolute atomic E-state index is 6.28. The average Bonchev–Trinajstić information content (AvgIpc) is 2.83. The molecule has 0 saturated heterocycles. The van der Waals surface area contributed by atoms with Crippen molar-refractivity contribution in [2.24, 2.45) is 5.73 Å². The molecule has 2 rings (SSSR count). The van der Waals surface area contributed by atoms with Crippen LogP contribution in [0.5, 0.6) is 5.75 Å². The van der Waals surface area contributed by atoms with E-state index in [1.807, 2.05) is 12.1 Å². The standard InChI is InChI=1S/C16H20BrNOS/c1-4-13(18)15(16-10(2)7-8-20-16)19-14-6-5-12(17)9-11(14)3/h5-9,13,15H,4,18H2,1-3H3. The number of rotatable bonds is 5. The lowest BCUT2D eigenvalue weighted by molar-refractivity contribution is 0.173. The first-order valence-corrected chi connectivity index (χ1v) is 8.42. The summed E-state index contributed by atoms with van der Waals surface area (Å²) in [7, 11) is 0. The molecule has 0 saturated carbocycles. The van der Waals surface area contributed by atoms with E-state index in [2.05, 4.69) is 54.2 Å². The van der Waals surface area contributed by atoms with Gasteiger partial charge in [0.2, 0.25) is 0 Å². The highest BCUT2D eigenvalue weighted by Crippen LogP contribution is 2.33.